The maximum Gasteiger partial charge on any atom is 0.227 e. The first-order valence-electron chi connectivity index (χ1n) is 9.79. The molecule has 4 aromatic rings. The standard InChI is InChI=1S/C24H21N3O4/c1-29-19-12-10-17(11-13-19)24-26-23(31-27-24)15-14-22(28)25-18-6-5-9-21(16-18)30-20-7-3-2-4-8-20/h2-13,16H,14-15H2,1H3,(H,25,28). The van der Waals surface area contributed by atoms with Crippen molar-refractivity contribution in [1.29, 1.82) is 0 Å². The molecular formula is C24H21N3O4. The van der Waals surface area contributed by atoms with Gasteiger partial charge >= 0.3 is 0 Å². The summed E-state index contributed by atoms with van der Waals surface area (Å²) >= 11 is 0. The number of amides is 1. The van der Waals surface area contributed by atoms with Gasteiger partial charge in [-0.25, -0.2) is 0 Å². The van der Waals surface area contributed by atoms with E-state index in [0.29, 0.717) is 29.6 Å². The molecule has 0 spiro atoms. The van der Waals surface area contributed by atoms with Gasteiger partial charge in [-0.3, -0.25) is 4.79 Å². The largest absolute Gasteiger partial charge is 0.497 e. The highest BCUT2D eigenvalue weighted by Crippen LogP contribution is 2.24. The first-order valence-corrected chi connectivity index (χ1v) is 9.79. The van der Waals surface area contributed by atoms with Gasteiger partial charge in [0.25, 0.3) is 0 Å². The monoisotopic (exact) mass is 415 g/mol. The smallest absolute Gasteiger partial charge is 0.227 e. The van der Waals surface area contributed by atoms with E-state index in [2.05, 4.69) is 15.5 Å². The van der Waals surface area contributed by atoms with E-state index in [1.807, 2.05) is 72.8 Å². The van der Waals surface area contributed by atoms with E-state index in [4.69, 9.17) is 14.0 Å². The van der Waals surface area contributed by atoms with Crippen LogP contribution in [-0.2, 0) is 11.2 Å². The van der Waals surface area contributed by atoms with Crippen molar-refractivity contribution in [3.63, 3.8) is 0 Å². The molecule has 0 radical (unpaired) electrons. The third kappa shape index (κ3) is 5.48. The normalized spacial score (nSPS) is 10.5. The molecule has 0 aliphatic heterocycles. The maximum atomic E-state index is 12.3. The van der Waals surface area contributed by atoms with Gasteiger partial charge in [-0.05, 0) is 48.5 Å². The number of carbonyl (C=O) groups is 1. The Kier molecular flexibility index (Phi) is 6.23. The molecule has 0 bridgehead atoms. The molecule has 0 unspecified atom stereocenters. The molecule has 1 amide bonds. The van der Waals surface area contributed by atoms with Crippen molar-refractivity contribution in [3.8, 4) is 28.6 Å². The van der Waals surface area contributed by atoms with Crippen LogP contribution in [0, 0.1) is 0 Å². The Morgan fingerprint density at radius 3 is 2.48 bits per heavy atom. The number of nitrogens with one attached hydrogen (secondary N) is 1. The van der Waals surface area contributed by atoms with Gasteiger partial charge in [0.15, 0.2) is 0 Å². The minimum Gasteiger partial charge on any atom is -0.497 e. The summed E-state index contributed by atoms with van der Waals surface area (Å²) in [6, 6.07) is 24.1. The minimum absolute atomic E-state index is 0.152. The number of hydrogen-bond acceptors (Lipinski definition) is 6. The van der Waals surface area contributed by atoms with Crippen molar-refractivity contribution in [2.75, 3.05) is 12.4 Å². The van der Waals surface area contributed by atoms with Crippen LogP contribution < -0.4 is 14.8 Å². The Balaban J connectivity index is 1.31. The van der Waals surface area contributed by atoms with Crippen LogP contribution in [0.3, 0.4) is 0 Å². The fraction of sp³-hybridized carbons (Fsp3) is 0.125. The lowest BCUT2D eigenvalue weighted by Crippen LogP contribution is -2.12. The highest BCUT2D eigenvalue weighted by atomic mass is 16.5. The molecule has 1 N–H and O–H groups in total. The number of hydrogen-bond donors (Lipinski definition) is 1. The van der Waals surface area contributed by atoms with E-state index in [9.17, 15) is 4.79 Å². The Labute approximate surface area is 179 Å². The quantitative estimate of drug-likeness (QED) is 0.430. The van der Waals surface area contributed by atoms with Crippen molar-refractivity contribution >= 4 is 11.6 Å². The molecule has 0 saturated carbocycles. The average molecular weight is 415 g/mol. The second-order valence-corrected chi connectivity index (χ2v) is 6.73. The fourth-order valence-electron chi connectivity index (χ4n) is 2.92. The maximum absolute atomic E-state index is 12.3. The second kappa shape index (κ2) is 9.58. The van der Waals surface area contributed by atoms with E-state index < -0.39 is 0 Å². The molecule has 7 heteroatoms. The van der Waals surface area contributed by atoms with Gasteiger partial charge < -0.3 is 19.3 Å². The molecule has 156 valence electrons. The van der Waals surface area contributed by atoms with Crippen molar-refractivity contribution in [2.24, 2.45) is 0 Å². The Morgan fingerprint density at radius 2 is 1.71 bits per heavy atom. The van der Waals surface area contributed by atoms with Crippen LogP contribution in [0.5, 0.6) is 17.2 Å². The lowest BCUT2D eigenvalue weighted by Gasteiger charge is -2.08. The van der Waals surface area contributed by atoms with Crippen molar-refractivity contribution < 1.29 is 18.8 Å². The number of benzene rings is 3. The zero-order valence-corrected chi connectivity index (χ0v) is 16.9. The summed E-state index contributed by atoms with van der Waals surface area (Å²) in [6.45, 7) is 0. The summed E-state index contributed by atoms with van der Waals surface area (Å²) in [5, 5.41) is 6.85. The van der Waals surface area contributed by atoms with E-state index in [1.54, 1.807) is 13.2 Å². The molecule has 0 saturated heterocycles. The third-order valence-corrected chi connectivity index (χ3v) is 4.48. The van der Waals surface area contributed by atoms with Gasteiger partial charge in [0, 0.05) is 30.2 Å². The van der Waals surface area contributed by atoms with Crippen molar-refractivity contribution in [2.45, 2.75) is 12.8 Å². The summed E-state index contributed by atoms with van der Waals surface area (Å²) in [5.41, 5.74) is 1.47. The molecule has 0 fully saturated rings. The van der Waals surface area contributed by atoms with Crippen LogP contribution in [0.2, 0.25) is 0 Å². The molecule has 0 aliphatic rings. The molecule has 1 aromatic heterocycles. The Hall–Kier alpha value is -4.13. The van der Waals surface area contributed by atoms with Crippen LogP contribution in [0.1, 0.15) is 12.3 Å². The highest BCUT2D eigenvalue weighted by molar-refractivity contribution is 5.91. The fourth-order valence-corrected chi connectivity index (χ4v) is 2.92. The Morgan fingerprint density at radius 1 is 0.935 bits per heavy atom. The number of aryl methyl sites for hydroxylation is 1. The SMILES string of the molecule is COc1ccc(-c2noc(CCC(=O)Nc3cccc(Oc4ccccc4)c3)n2)cc1. The van der Waals surface area contributed by atoms with Gasteiger partial charge in [0.1, 0.15) is 17.2 Å². The molecule has 0 atom stereocenters. The number of ether oxygens (including phenoxy) is 2. The van der Waals surface area contributed by atoms with Gasteiger partial charge in [-0.2, -0.15) is 4.98 Å². The number of anilines is 1. The zero-order chi connectivity index (χ0) is 21.5. The van der Waals surface area contributed by atoms with Crippen LogP contribution >= 0.6 is 0 Å². The first kappa shape index (κ1) is 20.2. The molecular weight excluding hydrogens is 394 g/mol. The number of methoxy groups -OCH3 is 1. The Bertz CT molecular complexity index is 1140. The molecule has 1 heterocycles. The predicted octanol–water partition coefficient (Wildman–Crippen LogP) is 5.11. The topological polar surface area (TPSA) is 86.5 Å². The highest BCUT2D eigenvalue weighted by Gasteiger charge is 2.11. The van der Waals surface area contributed by atoms with Crippen LogP contribution in [0.25, 0.3) is 11.4 Å². The van der Waals surface area contributed by atoms with Gasteiger partial charge in [-0.15, -0.1) is 0 Å². The predicted molar refractivity (Wildman–Crippen MR) is 116 cm³/mol. The summed E-state index contributed by atoms with van der Waals surface area (Å²) < 4.78 is 16.2. The lowest BCUT2D eigenvalue weighted by molar-refractivity contribution is -0.116. The summed E-state index contributed by atoms with van der Waals surface area (Å²) in [6.07, 6.45) is 0.559. The molecule has 3 aromatic carbocycles. The molecule has 4 rings (SSSR count). The second-order valence-electron chi connectivity index (χ2n) is 6.73. The number of para-hydroxylation sites is 1. The lowest BCUT2D eigenvalue weighted by atomic mass is 10.2. The molecule has 31 heavy (non-hydrogen) atoms. The number of rotatable bonds is 8. The van der Waals surface area contributed by atoms with E-state index >= 15 is 0 Å². The van der Waals surface area contributed by atoms with E-state index in [0.717, 1.165) is 17.1 Å². The zero-order valence-electron chi connectivity index (χ0n) is 16.9. The van der Waals surface area contributed by atoms with Crippen LogP contribution in [-0.4, -0.2) is 23.2 Å². The van der Waals surface area contributed by atoms with E-state index in [-0.39, 0.29) is 12.3 Å². The van der Waals surface area contributed by atoms with Gasteiger partial charge in [-0.1, -0.05) is 29.4 Å². The van der Waals surface area contributed by atoms with Crippen LogP contribution in [0.15, 0.2) is 83.4 Å². The van der Waals surface area contributed by atoms with Crippen LogP contribution in [0.4, 0.5) is 5.69 Å². The molecule has 7 nitrogen and oxygen atoms in total. The van der Waals surface area contributed by atoms with Crippen molar-refractivity contribution in [3.05, 3.63) is 84.8 Å². The molecule has 0 aliphatic carbocycles. The minimum atomic E-state index is -0.152. The summed E-state index contributed by atoms with van der Waals surface area (Å²) in [5.74, 6) is 2.86. The number of nitrogens with zero attached hydrogens (tertiary/aromatic N) is 2. The first-order chi connectivity index (χ1) is 15.2. The number of carbonyl (C=O) groups excluding carboxylic acids is 1. The summed E-state index contributed by atoms with van der Waals surface area (Å²) in [4.78, 5) is 16.7. The summed E-state index contributed by atoms with van der Waals surface area (Å²) in [7, 11) is 1.61. The van der Waals surface area contributed by atoms with E-state index in [1.165, 1.54) is 0 Å². The average Bonchev–Trinajstić information content (AvgIpc) is 3.28. The third-order valence-electron chi connectivity index (χ3n) is 4.48. The van der Waals surface area contributed by atoms with Gasteiger partial charge in [0.05, 0.1) is 7.11 Å². The van der Waals surface area contributed by atoms with Gasteiger partial charge in [0.2, 0.25) is 17.6 Å². The van der Waals surface area contributed by atoms with Crippen molar-refractivity contribution in [1.82, 2.24) is 10.1 Å². The number of aromatic nitrogens is 2.